The highest BCUT2D eigenvalue weighted by atomic mass is 35.5. The highest BCUT2D eigenvalue weighted by molar-refractivity contribution is 6.89. The number of hydrogen-bond acceptors (Lipinski definition) is 2. The summed E-state index contributed by atoms with van der Waals surface area (Å²) in [6.45, 7) is 15.1. The van der Waals surface area contributed by atoms with Gasteiger partial charge in [-0.25, -0.2) is 0 Å². The number of rotatable bonds is 5. The van der Waals surface area contributed by atoms with Crippen LogP contribution in [0.2, 0.25) is 45.8 Å². The van der Waals surface area contributed by atoms with Crippen molar-refractivity contribution in [1.29, 1.82) is 0 Å². The Labute approximate surface area is 96.5 Å². The SMILES string of the molecule is C[Si](C)(C)O[Si](C)(C)O[Si](C)(C)CCl. The molecule has 0 N–H and O–H groups in total. The van der Waals surface area contributed by atoms with Gasteiger partial charge in [0.1, 0.15) is 0 Å². The molecular formula is C8H23ClO2Si3. The zero-order valence-electron chi connectivity index (χ0n) is 10.4. The molecule has 0 aromatic carbocycles. The Morgan fingerprint density at radius 2 is 1.29 bits per heavy atom. The van der Waals surface area contributed by atoms with Gasteiger partial charge in [-0.15, -0.1) is 11.6 Å². The molecule has 0 saturated carbocycles. The normalized spacial score (nSPS) is 14.6. The van der Waals surface area contributed by atoms with Gasteiger partial charge >= 0.3 is 8.56 Å². The summed E-state index contributed by atoms with van der Waals surface area (Å²) in [7, 11) is -5.13. The van der Waals surface area contributed by atoms with E-state index in [1.165, 1.54) is 0 Å². The zero-order chi connectivity index (χ0) is 11.6. The van der Waals surface area contributed by atoms with E-state index < -0.39 is 25.2 Å². The highest BCUT2D eigenvalue weighted by Crippen LogP contribution is 2.20. The van der Waals surface area contributed by atoms with Gasteiger partial charge in [0.15, 0.2) is 16.6 Å². The van der Waals surface area contributed by atoms with Crippen LogP contribution in [0.1, 0.15) is 0 Å². The van der Waals surface area contributed by atoms with Crippen molar-refractivity contribution in [3.8, 4) is 0 Å². The third-order valence-corrected chi connectivity index (χ3v) is 12.6. The number of hydrogen-bond donors (Lipinski definition) is 0. The van der Waals surface area contributed by atoms with Crippen molar-refractivity contribution >= 4 is 36.8 Å². The van der Waals surface area contributed by atoms with Gasteiger partial charge in [-0.05, 0) is 45.8 Å². The Bertz CT molecular complexity index is 190. The summed E-state index contributed by atoms with van der Waals surface area (Å²) in [5.74, 6) is 0. The van der Waals surface area contributed by atoms with Crippen LogP contribution in [0.4, 0.5) is 0 Å². The van der Waals surface area contributed by atoms with Crippen LogP contribution in [0.15, 0.2) is 0 Å². The summed E-state index contributed by atoms with van der Waals surface area (Å²) in [4.78, 5) is 0. The summed E-state index contributed by atoms with van der Waals surface area (Å²) in [6, 6.07) is 0. The van der Waals surface area contributed by atoms with Crippen molar-refractivity contribution in [3.63, 3.8) is 0 Å². The monoisotopic (exact) mass is 270 g/mol. The largest absolute Gasteiger partial charge is 0.437 e. The Morgan fingerprint density at radius 3 is 1.57 bits per heavy atom. The summed E-state index contributed by atoms with van der Waals surface area (Å²) >= 11 is 5.89. The van der Waals surface area contributed by atoms with E-state index in [1.807, 2.05) is 0 Å². The maximum absolute atomic E-state index is 6.11. The highest BCUT2D eigenvalue weighted by Gasteiger charge is 2.37. The van der Waals surface area contributed by atoms with Crippen LogP contribution in [-0.4, -0.2) is 30.7 Å². The molecule has 86 valence electrons. The molecule has 6 heteroatoms. The van der Waals surface area contributed by atoms with Gasteiger partial charge in [0.05, 0.1) is 0 Å². The lowest BCUT2D eigenvalue weighted by molar-refractivity contribution is 0.395. The van der Waals surface area contributed by atoms with Crippen LogP contribution in [-0.2, 0) is 8.23 Å². The minimum absolute atomic E-state index is 0.637. The molecule has 0 amide bonds. The Morgan fingerprint density at radius 1 is 0.857 bits per heavy atom. The van der Waals surface area contributed by atoms with Crippen LogP contribution in [0.5, 0.6) is 0 Å². The molecule has 14 heavy (non-hydrogen) atoms. The fourth-order valence-corrected chi connectivity index (χ4v) is 13.9. The molecule has 0 radical (unpaired) electrons. The molecule has 0 aromatic rings. The summed E-state index contributed by atoms with van der Waals surface area (Å²) < 4.78 is 12.2. The molecule has 0 spiro atoms. The van der Waals surface area contributed by atoms with Gasteiger partial charge in [-0.2, -0.15) is 0 Å². The first kappa shape index (κ1) is 14.9. The van der Waals surface area contributed by atoms with Gasteiger partial charge in [0, 0.05) is 5.50 Å². The second-order valence-corrected chi connectivity index (χ2v) is 18.9. The van der Waals surface area contributed by atoms with E-state index in [9.17, 15) is 0 Å². The van der Waals surface area contributed by atoms with Gasteiger partial charge in [-0.1, -0.05) is 0 Å². The first-order chi connectivity index (χ1) is 5.97. The average Bonchev–Trinajstić information content (AvgIpc) is 1.78. The lowest BCUT2D eigenvalue weighted by Crippen LogP contribution is -2.52. The van der Waals surface area contributed by atoms with Crippen molar-refractivity contribution in [3.05, 3.63) is 0 Å². The van der Waals surface area contributed by atoms with Gasteiger partial charge < -0.3 is 8.23 Å². The molecular weight excluding hydrogens is 248 g/mol. The second kappa shape index (κ2) is 4.80. The quantitative estimate of drug-likeness (QED) is 0.562. The standard InChI is InChI=1S/C8H23ClO2Si3/c1-12(2,3)10-14(6,7)11-13(4,5)8-9/h8H2,1-7H3. The van der Waals surface area contributed by atoms with Crippen molar-refractivity contribution in [1.82, 2.24) is 0 Å². The molecule has 0 fully saturated rings. The molecule has 0 aliphatic heterocycles. The van der Waals surface area contributed by atoms with Gasteiger partial charge in [0.2, 0.25) is 0 Å². The molecule has 0 unspecified atom stereocenters. The Hall–Kier alpha value is 0.861. The van der Waals surface area contributed by atoms with E-state index in [2.05, 4.69) is 45.8 Å². The first-order valence-electron chi connectivity index (χ1n) is 4.94. The van der Waals surface area contributed by atoms with Crippen LogP contribution in [0, 0.1) is 0 Å². The predicted molar refractivity (Wildman–Crippen MR) is 71.2 cm³/mol. The molecule has 0 heterocycles. The fraction of sp³-hybridized carbons (Fsp3) is 1.00. The maximum Gasteiger partial charge on any atom is 0.311 e. The Balaban J connectivity index is 4.35. The molecule has 0 atom stereocenters. The lowest BCUT2D eigenvalue weighted by atomic mass is 11.8. The van der Waals surface area contributed by atoms with Crippen LogP contribution in [0.25, 0.3) is 0 Å². The van der Waals surface area contributed by atoms with Gasteiger partial charge in [0.25, 0.3) is 0 Å². The van der Waals surface area contributed by atoms with E-state index in [-0.39, 0.29) is 0 Å². The van der Waals surface area contributed by atoms with Crippen molar-refractivity contribution < 1.29 is 8.23 Å². The van der Waals surface area contributed by atoms with Crippen LogP contribution >= 0.6 is 11.6 Å². The van der Waals surface area contributed by atoms with Crippen LogP contribution < -0.4 is 0 Å². The van der Waals surface area contributed by atoms with E-state index in [0.29, 0.717) is 5.50 Å². The summed E-state index contributed by atoms with van der Waals surface area (Å²) in [5.41, 5.74) is 0.637. The minimum Gasteiger partial charge on any atom is -0.437 e. The molecule has 0 saturated heterocycles. The smallest absolute Gasteiger partial charge is 0.311 e. The molecule has 0 aliphatic rings. The topological polar surface area (TPSA) is 18.5 Å². The van der Waals surface area contributed by atoms with E-state index in [4.69, 9.17) is 19.8 Å². The van der Waals surface area contributed by atoms with Crippen LogP contribution in [0.3, 0.4) is 0 Å². The fourth-order valence-electron chi connectivity index (χ4n) is 1.45. The first-order valence-corrected chi connectivity index (χ1v) is 14.8. The van der Waals surface area contributed by atoms with Gasteiger partial charge in [-0.3, -0.25) is 0 Å². The molecule has 0 bridgehead atoms. The molecule has 0 aromatic heterocycles. The third kappa shape index (κ3) is 7.19. The molecule has 2 nitrogen and oxygen atoms in total. The Kier molecular flexibility index (Phi) is 5.09. The summed E-state index contributed by atoms with van der Waals surface area (Å²) in [6.07, 6.45) is 0. The predicted octanol–water partition coefficient (Wildman–Crippen LogP) is 3.54. The molecule has 0 rings (SSSR count). The second-order valence-electron chi connectivity index (χ2n) is 5.61. The van der Waals surface area contributed by atoms with E-state index >= 15 is 0 Å². The number of alkyl halides is 1. The van der Waals surface area contributed by atoms with E-state index in [0.717, 1.165) is 0 Å². The average molecular weight is 271 g/mol. The number of halogens is 1. The minimum atomic E-state index is -1.96. The van der Waals surface area contributed by atoms with Crippen molar-refractivity contribution in [2.24, 2.45) is 0 Å². The summed E-state index contributed by atoms with van der Waals surface area (Å²) in [5, 5.41) is 0. The molecule has 0 aliphatic carbocycles. The third-order valence-electron chi connectivity index (χ3n) is 1.40. The van der Waals surface area contributed by atoms with Crippen molar-refractivity contribution in [2.45, 2.75) is 45.8 Å². The lowest BCUT2D eigenvalue weighted by Gasteiger charge is -2.36. The van der Waals surface area contributed by atoms with Crippen molar-refractivity contribution in [2.75, 3.05) is 5.50 Å². The van der Waals surface area contributed by atoms with E-state index in [1.54, 1.807) is 0 Å². The zero-order valence-corrected chi connectivity index (χ0v) is 14.2. The maximum atomic E-state index is 6.11.